The number of carbonyl (C=O) groups is 1. The maximum atomic E-state index is 12.4. The summed E-state index contributed by atoms with van der Waals surface area (Å²) in [6.07, 6.45) is 0. The number of pyridine rings is 1. The fourth-order valence-corrected chi connectivity index (χ4v) is 1.82. The van der Waals surface area contributed by atoms with Crippen LogP contribution in [0.4, 0.5) is 11.5 Å². The van der Waals surface area contributed by atoms with Gasteiger partial charge in [-0.05, 0) is 36.8 Å². The first kappa shape index (κ1) is 13.1. The van der Waals surface area contributed by atoms with Crippen LogP contribution in [0.5, 0.6) is 0 Å². The minimum atomic E-state index is -0.122. The molecule has 4 heteroatoms. The Morgan fingerprint density at radius 2 is 1.95 bits per heavy atom. The van der Waals surface area contributed by atoms with Crippen molar-refractivity contribution in [2.24, 2.45) is 0 Å². The molecule has 4 nitrogen and oxygen atoms in total. The van der Waals surface area contributed by atoms with E-state index in [1.807, 2.05) is 43.3 Å². The smallest absolute Gasteiger partial charge is 0.276 e. The lowest BCUT2D eigenvalue weighted by atomic mass is 10.2. The fraction of sp³-hybridized carbons (Fsp3) is 0.200. The highest BCUT2D eigenvalue weighted by Gasteiger charge is 2.15. The van der Waals surface area contributed by atoms with E-state index in [1.54, 1.807) is 25.1 Å². The van der Waals surface area contributed by atoms with Gasteiger partial charge >= 0.3 is 0 Å². The van der Waals surface area contributed by atoms with Gasteiger partial charge in [-0.15, -0.1) is 0 Å². The monoisotopic (exact) mass is 255 g/mol. The predicted molar refractivity (Wildman–Crippen MR) is 77.7 cm³/mol. The van der Waals surface area contributed by atoms with Gasteiger partial charge in [0, 0.05) is 19.8 Å². The summed E-state index contributed by atoms with van der Waals surface area (Å²) in [5.41, 5.74) is 2.41. The van der Waals surface area contributed by atoms with Gasteiger partial charge in [0.05, 0.1) is 0 Å². The van der Waals surface area contributed by atoms with Crippen molar-refractivity contribution in [3.63, 3.8) is 0 Å². The van der Waals surface area contributed by atoms with E-state index >= 15 is 0 Å². The van der Waals surface area contributed by atoms with Crippen LogP contribution in [-0.4, -0.2) is 25.0 Å². The third kappa shape index (κ3) is 2.91. The predicted octanol–water partition coefficient (Wildman–Crippen LogP) is 2.71. The Morgan fingerprint density at radius 1 is 1.21 bits per heavy atom. The largest absolute Gasteiger partial charge is 0.373 e. The van der Waals surface area contributed by atoms with Crippen molar-refractivity contribution in [3.05, 3.63) is 53.7 Å². The Bertz CT molecular complexity index is 595. The van der Waals surface area contributed by atoms with Gasteiger partial charge in [-0.1, -0.05) is 18.2 Å². The summed E-state index contributed by atoms with van der Waals surface area (Å²) in [4.78, 5) is 18.2. The van der Waals surface area contributed by atoms with Crippen LogP contribution >= 0.6 is 0 Å². The average molecular weight is 255 g/mol. The second kappa shape index (κ2) is 5.52. The fourth-order valence-electron chi connectivity index (χ4n) is 1.82. The molecule has 19 heavy (non-hydrogen) atoms. The Balaban J connectivity index is 2.28. The van der Waals surface area contributed by atoms with E-state index in [-0.39, 0.29) is 5.91 Å². The molecule has 98 valence electrons. The van der Waals surface area contributed by atoms with Crippen molar-refractivity contribution >= 4 is 17.4 Å². The lowest BCUT2D eigenvalue weighted by Gasteiger charge is -2.17. The van der Waals surface area contributed by atoms with Crippen LogP contribution in [0, 0.1) is 6.92 Å². The molecule has 0 fully saturated rings. The second-order valence-corrected chi connectivity index (χ2v) is 4.36. The SMILES string of the molecule is CNc1cccc(C(=O)N(C)c2cccc(C)c2)n1. The zero-order valence-corrected chi connectivity index (χ0v) is 11.3. The number of aryl methyl sites for hydroxylation is 1. The molecule has 0 saturated carbocycles. The van der Waals surface area contributed by atoms with E-state index in [2.05, 4.69) is 10.3 Å². The number of rotatable bonds is 3. The van der Waals surface area contributed by atoms with Crippen molar-refractivity contribution in [2.75, 3.05) is 24.3 Å². The van der Waals surface area contributed by atoms with E-state index in [0.29, 0.717) is 11.5 Å². The lowest BCUT2D eigenvalue weighted by molar-refractivity contribution is 0.0988. The van der Waals surface area contributed by atoms with E-state index < -0.39 is 0 Å². The molecule has 0 spiro atoms. The van der Waals surface area contributed by atoms with Crippen molar-refractivity contribution < 1.29 is 4.79 Å². The molecule has 0 aliphatic carbocycles. The topological polar surface area (TPSA) is 45.2 Å². The number of amides is 1. The van der Waals surface area contributed by atoms with Gasteiger partial charge in [-0.25, -0.2) is 4.98 Å². The molecule has 0 atom stereocenters. The van der Waals surface area contributed by atoms with Gasteiger partial charge in [0.25, 0.3) is 5.91 Å². The van der Waals surface area contributed by atoms with Gasteiger partial charge in [0.15, 0.2) is 0 Å². The van der Waals surface area contributed by atoms with E-state index in [9.17, 15) is 4.79 Å². The van der Waals surface area contributed by atoms with Crippen molar-refractivity contribution in [3.8, 4) is 0 Å². The molecule has 0 aliphatic heterocycles. The molecule has 0 saturated heterocycles. The van der Waals surface area contributed by atoms with E-state index in [0.717, 1.165) is 11.3 Å². The first-order valence-corrected chi connectivity index (χ1v) is 6.11. The summed E-state index contributed by atoms with van der Waals surface area (Å²) in [5.74, 6) is 0.561. The first-order valence-electron chi connectivity index (χ1n) is 6.11. The quantitative estimate of drug-likeness (QED) is 0.917. The van der Waals surface area contributed by atoms with Crippen LogP contribution in [0.15, 0.2) is 42.5 Å². The van der Waals surface area contributed by atoms with Gasteiger partial charge in [-0.3, -0.25) is 4.79 Å². The summed E-state index contributed by atoms with van der Waals surface area (Å²) in [6.45, 7) is 2.00. The second-order valence-electron chi connectivity index (χ2n) is 4.36. The summed E-state index contributed by atoms with van der Waals surface area (Å²) >= 11 is 0. The zero-order valence-electron chi connectivity index (χ0n) is 11.3. The Kier molecular flexibility index (Phi) is 3.80. The first-order chi connectivity index (χ1) is 9.11. The van der Waals surface area contributed by atoms with Crippen molar-refractivity contribution in [1.29, 1.82) is 0 Å². The van der Waals surface area contributed by atoms with Crippen LogP contribution < -0.4 is 10.2 Å². The van der Waals surface area contributed by atoms with Crippen LogP contribution in [-0.2, 0) is 0 Å². The summed E-state index contributed by atoms with van der Waals surface area (Å²) in [7, 11) is 3.53. The number of carbonyl (C=O) groups excluding carboxylic acids is 1. The lowest BCUT2D eigenvalue weighted by Crippen LogP contribution is -2.27. The minimum Gasteiger partial charge on any atom is -0.373 e. The van der Waals surface area contributed by atoms with Crippen molar-refractivity contribution in [2.45, 2.75) is 6.92 Å². The van der Waals surface area contributed by atoms with Crippen LogP contribution in [0.1, 0.15) is 16.1 Å². The molecule has 0 radical (unpaired) electrons. The molecule has 2 aromatic rings. The number of anilines is 2. The third-order valence-electron chi connectivity index (χ3n) is 2.92. The third-order valence-corrected chi connectivity index (χ3v) is 2.92. The molecule has 1 amide bonds. The standard InChI is InChI=1S/C15H17N3O/c1-11-6-4-7-12(10-11)18(3)15(19)13-8-5-9-14(16-2)17-13/h4-10H,1-3H3,(H,16,17). The number of hydrogen-bond acceptors (Lipinski definition) is 3. The number of hydrogen-bond donors (Lipinski definition) is 1. The average Bonchev–Trinajstić information content (AvgIpc) is 2.45. The summed E-state index contributed by atoms with van der Waals surface area (Å²) in [6, 6.07) is 13.2. The van der Waals surface area contributed by atoms with Gasteiger partial charge < -0.3 is 10.2 Å². The molecule has 1 N–H and O–H groups in total. The number of aromatic nitrogens is 1. The highest BCUT2D eigenvalue weighted by atomic mass is 16.2. The normalized spacial score (nSPS) is 10.1. The maximum absolute atomic E-state index is 12.4. The summed E-state index contributed by atoms with van der Waals surface area (Å²) in [5, 5.41) is 2.93. The minimum absolute atomic E-state index is 0.122. The molecule has 1 aromatic carbocycles. The molecule has 1 aromatic heterocycles. The van der Waals surface area contributed by atoms with Crippen LogP contribution in [0.3, 0.4) is 0 Å². The molecular formula is C15H17N3O. The molecule has 2 rings (SSSR count). The number of nitrogens with one attached hydrogen (secondary N) is 1. The maximum Gasteiger partial charge on any atom is 0.276 e. The van der Waals surface area contributed by atoms with E-state index in [4.69, 9.17) is 0 Å². The van der Waals surface area contributed by atoms with E-state index in [1.165, 1.54) is 0 Å². The molecule has 0 bridgehead atoms. The van der Waals surface area contributed by atoms with Gasteiger partial charge in [-0.2, -0.15) is 0 Å². The molecule has 0 aliphatic rings. The van der Waals surface area contributed by atoms with Crippen LogP contribution in [0.2, 0.25) is 0 Å². The number of nitrogens with zero attached hydrogens (tertiary/aromatic N) is 2. The summed E-state index contributed by atoms with van der Waals surface area (Å²) < 4.78 is 0. The molecule has 0 unspecified atom stereocenters. The molecular weight excluding hydrogens is 238 g/mol. The van der Waals surface area contributed by atoms with Gasteiger partial charge in [0.1, 0.15) is 11.5 Å². The Hall–Kier alpha value is -2.36. The zero-order chi connectivity index (χ0) is 13.8. The Morgan fingerprint density at radius 3 is 2.63 bits per heavy atom. The van der Waals surface area contributed by atoms with Crippen LogP contribution in [0.25, 0.3) is 0 Å². The van der Waals surface area contributed by atoms with Gasteiger partial charge in [0.2, 0.25) is 0 Å². The van der Waals surface area contributed by atoms with Crippen molar-refractivity contribution in [1.82, 2.24) is 4.98 Å². The number of benzene rings is 1. The highest BCUT2D eigenvalue weighted by molar-refractivity contribution is 6.04. The molecule has 1 heterocycles. The Labute approximate surface area is 113 Å². The highest BCUT2D eigenvalue weighted by Crippen LogP contribution is 2.16.